The Bertz CT molecular complexity index is 650. The average Bonchev–Trinajstić information content (AvgIpc) is 2.75. The summed E-state index contributed by atoms with van der Waals surface area (Å²) in [5.74, 6) is 2.18. The Morgan fingerprint density at radius 2 is 2.14 bits per heavy atom. The monoisotopic (exact) mass is 318 g/mol. The molecule has 0 saturated heterocycles. The predicted molar refractivity (Wildman–Crippen MR) is 89.0 cm³/mol. The molecule has 1 N–H and O–H groups in total. The van der Waals surface area contributed by atoms with Gasteiger partial charge in [-0.15, -0.1) is 10.2 Å². The van der Waals surface area contributed by atoms with Crippen LogP contribution in [0.15, 0.2) is 18.2 Å². The molecular formula is C17H23ClN4. The second kappa shape index (κ2) is 6.80. The molecule has 0 bridgehead atoms. The molecule has 118 valence electrons. The first kappa shape index (κ1) is 15.5. The van der Waals surface area contributed by atoms with Gasteiger partial charge in [-0.3, -0.25) is 0 Å². The van der Waals surface area contributed by atoms with Gasteiger partial charge in [-0.05, 0) is 43.9 Å². The van der Waals surface area contributed by atoms with Gasteiger partial charge in [0.15, 0.2) is 0 Å². The summed E-state index contributed by atoms with van der Waals surface area (Å²) in [4.78, 5) is 0. The number of aromatic nitrogens is 3. The first-order chi connectivity index (χ1) is 10.6. The van der Waals surface area contributed by atoms with Gasteiger partial charge < -0.3 is 9.88 Å². The molecule has 22 heavy (non-hydrogen) atoms. The van der Waals surface area contributed by atoms with Crippen LogP contribution in [-0.4, -0.2) is 14.8 Å². The fraction of sp³-hybridized carbons (Fsp3) is 0.529. The Morgan fingerprint density at radius 3 is 2.95 bits per heavy atom. The lowest BCUT2D eigenvalue weighted by molar-refractivity contribution is 0.502. The standard InChI is InChI=1S/C17H23ClN4/c1-12-7-8-14(15(18)10-12)11-19-13(2)17-21-20-16-6-4-3-5-9-22(16)17/h7-8,10,13,19H,3-6,9,11H2,1-2H3/t13-/m1/s1. The molecule has 5 heteroatoms. The van der Waals surface area contributed by atoms with Gasteiger partial charge in [-0.1, -0.05) is 30.2 Å². The van der Waals surface area contributed by atoms with Gasteiger partial charge in [0.25, 0.3) is 0 Å². The van der Waals surface area contributed by atoms with Gasteiger partial charge in [0.1, 0.15) is 11.6 Å². The number of hydrogen-bond donors (Lipinski definition) is 1. The molecular weight excluding hydrogens is 296 g/mol. The second-order valence-electron chi connectivity index (χ2n) is 6.13. The lowest BCUT2D eigenvalue weighted by atomic mass is 10.1. The van der Waals surface area contributed by atoms with Crippen molar-refractivity contribution < 1.29 is 0 Å². The topological polar surface area (TPSA) is 42.7 Å². The number of hydrogen-bond acceptors (Lipinski definition) is 3. The number of halogens is 1. The molecule has 2 aromatic rings. The zero-order chi connectivity index (χ0) is 15.5. The molecule has 1 aliphatic rings. The average molecular weight is 319 g/mol. The minimum absolute atomic E-state index is 0.164. The molecule has 1 aliphatic heterocycles. The van der Waals surface area contributed by atoms with E-state index in [4.69, 9.17) is 11.6 Å². The summed E-state index contributed by atoms with van der Waals surface area (Å²) in [6.07, 6.45) is 4.76. The molecule has 0 unspecified atom stereocenters. The van der Waals surface area contributed by atoms with E-state index in [2.05, 4.69) is 46.1 Å². The second-order valence-corrected chi connectivity index (χ2v) is 6.54. The third-order valence-corrected chi connectivity index (χ3v) is 4.68. The maximum atomic E-state index is 6.30. The Morgan fingerprint density at radius 1 is 1.27 bits per heavy atom. The van der Waals surface area contributed by atoms with Crippen LogP contribution in [-0.2, 0) is 19.5 Å². The molecule has 0 saturated carbocycles. The van der Waals surface area contributed by atoms with Crippen molar-refractivity contribution in [3.8, 4) is 0 Å². The zero-order valence-corrected chi connectivity index (χ0v) is 14.0. The van der Waals surface area contributed by atoms with E-state index in [-0.39, 0.29) is 6.04 Å². The summed E-state index contributed by atoms with van der Waals surface area (Å²) in [5, 5.41) is 13.1. The summed E-state index contributed by atoms with van der Waals surface area (Å²) in [5.41, 5.74) is 2.30. The van der Waals surface area contributed by atoms with Gasteiger partial charge in [0, 0.05) is 24.5 Å². The van der Waals surface area contributed by atoms with E-state index in [1.807, 2.05) is 6.07 Å². The molecule has 4 nitrogen and oxygen atoms in total. The largest absolute Gasteiger partial charge is 0.314 e. The summed E-state index contributed by atoms with van der Waals surface area (Å²) < 4.78 is 2.29. The van der Waals surface area contributed by atoms with Crippen LogP contribution in [0.25, 0.3) is 0 Å². The fourth-order valence-electron chi connectivity index (χ4n) is 2.98. The van der Waals surface area contributed by atoms with E-state index in [0.717, 1.165) is 41.7 Å². The summed E-state index contributed by atoms with van der Waals surface area (Å²) in [7, 11) is 0. The molecule has 0 radical (unpaired) electrons. The van der Waals surface area contributed by atoms with E-state index >= 15 is 0 Å². The van der Waals surface area contributed by atoms with Gasteiger partial charge in [0.05, 0.1) is 6.04 Å². The summed E-state index contributed by atoms with van der Waals surface area (Å²) in [6.45, 7) is 5.97. The highest BCUT2D eigenvalue weighted by molar-refractivity contribution is 6.31. The highest BCUT2D eigenvalue weighted by Crippen LogP contribution is 2.21. The van der Waals surface area contributed by atoms with Crippen molar-refractivity contribution in [2.75, 3.05) is 0 Å². The SMILES string of the molecule is Cc1ccc(CN[C@H](C)c2nnc3n2CCCCC3)c(Cl)c1. The maximum Gasteiger partial charge on any atom is 0.149 e. The highest BCUT2D eigenvalue weighted by atomic mass is 35.5. The van der Waals surface area contributed by atoms with E-state index in [9.17, 15) is 0 Å². The maximum absolute atomic E-state index is 6.30. The number of nitrogens with zero attached hydrogens (tertiary/aromatic N) is 3. The van der Waals surface area contributed by atoms with Crippen LogP contribution >= 0.6 is 11.6 Å². The molecule has 3 rings (SSSR count). The van der Waals surface area contributed by atoms with Crippen molar-refractivity contribution in [2.24, 2.45) is 0 Å². The molecule has 2 heterocycles. The lowest BCUT2D eigenvalue weighted by Gasteiger charge is -2.16. The van der Waals surface area contributed by atoms with E-state index in [1.165, 1.54) is 24.8 Å². The van der Waals surface area contributed by atoms with Gasteiger partial charge in [0.2, 0.25) is 0 Å². The quantitative estimate of drug-likeness (QED) is 0.932. The van der Waals surface area contributed by atoms with Gasteiger partial charge >= 0.3 is 0 Å². The minimum Gasteiger partial charge on any atom is -0.314 e. The number of benzene rings is 1. The normalized spacial score (nSPS) is 16.1. The van der Waals surface area contributed by atoms with E-state index < -0.39 is 0 Å². The highest BCUT2D eigenvalue weighted by Gasteiger charge is 2.19. The Balaban J connectivity index is 1.69. The Labute approximate surface area is 136 Å². The smallest absolute Gasteiger partial charge is 0.149 e. The molecule has 0 spiro atoms. The van der Waals surface area contributed by atoms with Crippen LogP contribution in [0.5, 0.6) is 0 Å². The Hall–Kier alpha value is -1.39. The van der Waals surface area contributed by atoms with Crippen molar-refractivity contribution in [3.63, 3.8) is 0 Å². The number of fused-ring (bicyclic) bond motifs is 1. The van der Waals surface area contributed by atoms with Crippen molar-refractivity contribution in [1.82, 2.24) is 20.1 Å². The van der Waals surface area contributed by atoms with Crippen molar-refractivity contribution in [2.45, 2.75) is 58.7 Å². The van der Waals surface area contributed by atoms with Gasteiger partial charge in [-0.2, -0.15) is 0 Å². The third kappa shape index (κ3) is 3.33. The molecule has 1 aromatic heterocycles. The third-order valence-electron chi connectivity index (χ3n) is 4.33. The molecule has 0 aliphatic carbocycles. The van der Waals surface area contributed by atoms with Crippen LogP contribution in [0.4, 0.5) is 0 Å². The van der Waals surface area contributed by atoms with Gasteiger partial charge in [-0.25, -0.2) is 0 Å². The first-order valence-electron chi connectivity index (χ1n) is 8.05. The molecule has 1 aromatic carbocycles. The molecule has 0 fully saturated rings. The predicted octanol–water partition coefficient (Wildman–Crippen LogP) is 3.82. The Kier molecular flexibility index (Phi) is 4.79. The number of nitrogens with one attached hydrogen (secondary N) is 1. The van der Waals surface area contributed by atoms with E-state index in [1.54, 1.807) is 0 Å². The molecule has 1 atom stereocenters. The minimum atomic E-state index is 0.164. The van der Waals surface area contributed by atoms with Crippen LogP contribution in [0.2, 0.25) is 5.02 Å². The van der Waals surface area contributed by atoms with Crippen molar-refractivity contribution >= 4 is 11.6 Å². The van der Waals surface area contributed by atoms with E-state index in [0.29, 0.717) is 0 Å². The van der Waals surface area contributed by atoms with Crippen molar-refractivity contribution in [3.05, 3.63) is 46.0 Å². The lowest BCUT2D eigenvalue weighted by Crippen LogP contribution is -2.22. The summed E-state index contributed by atoms with van der Waals surface area (Å²) in [6, 6.07) is 6.35. The van der Waals surface area contributed by atoms with Crippen LogP contribution in [0.1, 0.15) is 55.0 Å². The van der Waals surface area contributed by atoms with Crippen LogP contribution in [0.3, 0.4) is 0 Å². The fourth-order valence-corrected chi connectivity index (χ4v) is 3.28. The van der Waals surface area contributed by atoms with Crippen LogP contribution in [0, 0.1) is 6.92 Å². The van der Waals surface area contributed by atoms with Crippen molar-refractivity contribution in [1.29, 1.82) is 0 Å². The molecule has 0 amide bonds. The van der Waals surface area contributed by atoms with Crippen LogP contribution < -0.4 is 5.32 Å². The number of aryl methyl sites for hydroxylation is 2. The first-order valence-corrected chi connectivity index (χ1v) is 8.43. The zero-order valence-electron chi connectivity index (χ0n) is 13.3. The number of rotatable bonds is 4. The summed E-state index contributed by atoms with van der Waals surface area (Å²) >= 11 is 6.30.